The third kappa shape index (κ3) is 3.48. The first-order valence-electron chi connectivity index (χ1n) is 2.36. The maximum absolute atomic E-state index is 10.2. The SMILES string of the molecule is CC(=O)N[C@@H](N)C(N)=O. The Kier molecular flexibility index (Phi) is 2.66. The number of hydrogen-bond acceptors (Lipinski definition) is 3. The lowest BCUT2D eigenvalue weighted by atomic mass is 10.5. The predicted octanol–water partition coefficient (Wildman–Crippen LogP) is -2.11. The van der Waals surface area contributed by atoms with Crippen LogP contribution in [0.1, 0.15) is 6.92 Å². The minimum Gasteiger partial charge on any atom is -0.367 e. The van der Waals surface area contributed by atoms with E-state index in [1.165, 1.54) is 6.92 Å². The summed E-state index contributed by atoms with van der Waals surface area (Å²) in [5.74, 6) is -1.12. The molecule has 0 saturated carbocycles. The fourth-order valence-corrected chi connectivity index (χ4v) is 0.290. The summed E-state index contributed by atoms with van der Waals surface area (Å²) < 4.78 is 0. The van der Waals surface area contributed by atoms with Crippen LogP contribution in [0.4, 0.5) is 0 Å². The van der Waals surface area contributed by atoms with E-state index in [4.69, 9.17) is 11.5 Å². The Morgan fingerprint density at radius 1 is 1.56 bits per heavy atom. The second-order valence-electron chi connectivity index (χ2n) is 1.58. The van der Waals surface area contributed by atoms with Gasteiger partial charge in [-0.25, -0.2) is 0 Å². The molecule has 0 spiro atoms. The summed E-state index contributed by atoms with van der Waals surface area (Å²) in [5, 5.41) is 2.11. The van der Waals surface area contributed by atoms with E-state index >= 15 is 0 Å². The van der Waals surface area contributed by atoms with Crippen molar-refractivity contribution in [1.82, 2.24) is 5.32 Å². The van der Waals surface area contributed by atoms with Crippen molar-refractivity contribution < 1.29 is 9.59 Å². The Balaban J connectivity index is 3.63. The Morgan fingerprint density at radius 3 is 2.11 bits per heavy atom. The lowest BCUT2D eigenvalue weighted by molar-refractivity contribution is -0.126. The van der Waals surface area contributed by atoms with E-state index in [-0.39, 0.29) is 5.91 Å². The molecule has 1 atom stereocenters. The van der Waals surface area contributed by atoms with Gasteiger partial charge in [0.05, 0.1) is 0 Å². The van der Waals surface area contributed by atoms with Crippen LogP contribution in [0.25, 0.3) is 0 Å². The summed E-state index contributed by atoms with van der Waals surface area (Å²) in [6, 6.07) is 0. The van der Waals surface area contributed by atoms with Crippen LogP contribution in [0.15, 0.2) is 0 Å². The molecule has 0 aliphatic heterocycles. The van der Waals surface area contributed by atoms with Crippen LogP contribution in [0, 0.1) is 0 Å². The molecule has 9 heavy (non-hydrogen) atoms. The van der Waals surface area contributed by atoms with Gasteiger partial charge in [-0.1, -0.05) is 0 Å². The smallest absolute Gasteiger partial charge is 0.254 e. The number of nitrogens with one attached hydrogen (secondary N) is 1. The van der Waals surface area contributed by atoms with Gasteiger partial charge < -0.3 is 16.8 Å². The Hall–Kier alpha value is -1.10. The minimum atomic E-state index is -1.07. The van der Waals surface area contributed by atoms with Crippen LogP contribution >= 0.6 is 0 Å². The molecule has 0 aliphatic rings. The highest BCUT2D eigenvalue weighted by Gasteiger charge is 2.07. The summed E-state index contributed by atoms with van der Waals surface area (Å²) in [4.78, 5) is 20.3. The number of hydrogen-bond donors (Lipinski definition) is 3. The van der Waals surface area contributed by atoms with Crippen molar-refractivity contribution in [1.29, 1.82) is 0 Å². The molecule has 0 unspecified atom stereocenters. The summed E-state index contributed by atoms with van der Waals surface area (Å²) >= 11 is 0. The molecule has 0 bridgehead atoms. The average Bonchev–Trinajstić information content (AvgIpc) is 1.63. The third-order valence-electron chi connectivity index (χ3n) is 0.665. The van der Waals surface area contributed by atoms with E-state index in [1.807, 2.05) is 0 Å². The molecule has 0 aromatic heterocycles. The lowest BCUT2D eigenvalue weighted by Gasteiger charge is -2.05. The van der Waals surface area contributed by atoms with Gasteiger partial charge in [0.15, 0.2) is 6.17 Å². The maximum atomic E-state index is 10.2. The Labute approximate surface area is 52.4 Å². The summed E-state index contributed by atoms with van der Waals surface area (Å²) in [6.07, 6.45) is -1.07. The van der Waals surface area contributed by atoms with Gasteiger partial charge in [0, 0.05) is 6.92 Å². The van der Waals surface area contributed by atoms with Gasteiger partial charge in [-0.05, 0) is 0 Å². The molecule has 5 N–H and O–H groups in total. The first-order valence-corrected chi connectivity index (χ1v) is 2.36. The van der Waals surface area contributed by atoms with E-state index in [1.54, 1.807) is 0 Å². The zero-order chi connectivity index (χ0) is 7.44. The van der Waals surface area contributed by atoms with Crippen molar-refractivity contribution in [2.45, 2.75) is 13.1 Å². The summed E-state index contributed by atoms with van der Waals surface area (Å²) in [7, 11) is 0. The van der Waals surface area contributed by atoms with Crippen LogP contribution in [0.2, 0.25) is 0 Å². The highest BCUT2D eigenvalue weighted by atomic mass is 16.2. The molecule has 0 saturated heterocycles. The molecule has 0 aromatic rings. The number of carbonyl (C=O) groups excluding carboxylic acids is 2. The quantitative estimate of drug-likeness (QED) is 0.374. The second-order valence-corrected chi connectivity index (χ2v) is 1.58. The van der Waals surface area contributed by atoms with Gasteiger partial charge >= 0.3 is 0 Å². The Morgan fingerprint density at radius 2 is 2.00 bits per heavy atom. The summed E-state index contributed by atoms with van der Waals surface area (Å²) in [6.45, 7) is 1.25. The van der Waals surface area contributed by atoms with Crippen LogP contribution in [0.5, 0.6) is 0 Å². The van der Waals surface area contributed by atoms with Gasteiger partial charge in [0.2, 0.25) is 5.91 Å². The molecule has 2 amide bonds. The van der Waals surface area contributed by atoms with Crippen molar-refractivity contribution in [2.24, 2.45) is 11.5 Å². The van der Waals surface area contributed by atoms with Crippen molar-refractivity contribution in [3.8, 4) is 0 Å². The first kappa shape index (κ1) is 7.90. The zero-order valence-electron chi connectivity index (χ0n) is 5.05. The standard InChI is InChI=1S/C4H9N3O2/c1-2(8)7-3(5)4(6)9/h3H,5H2,1H3,(H2,6,9)(H,7,8)/t3-/m1/s1. The maximum Gasteiger partial charge on any atom is 0.254 e. The van der Waals surface area contributed by atoms with E-state index < -0.39 is 12.1 Å². The van der Waals surface area contributed by atoms with Crippen LogP contribution in [0.3, 0.4) is 0 Å². The largest absolute Gasteiger partial charge is 0.367 e. The molecule has 0 aliphatic carbocycles. The fourth-order valence-electron chi connectivity index (χ4n) is 0.290. The molecular formula is C4H9N3O2. The first-order chi connectivity index (χ1) is 4.04. The van der Waals surface area contributed by atoms with Gasteiger partial charge in [-0.15, -0.1) is 0 Å². The zero-order valence-corrected chi connectivity index (χ0v) is 5.05. The van der Waals surface area contributed by atoms with Crippen molar-refractivity contribution in [3.63, 3.8) is 0 Å². The fraction of sp³-hybridized carbons (Fsp3) is 0.500. The summed E-state index contributed by atoms with van der Waals surface area (Å²) in [5.41, 5.74) is 9.72. The normalized spacial score (nSPS) is 12.2. The van der Waals surface area contributed by atoms with Crippen LogP contribution in [-0.2, 0) is 9.59 Å². The highest BCUT2D eigenvalue weighted by Crippen LogP contribution is 1.67. The average molecular weight is 131 g/mol. The second kappa shape index (κ2) is 3.03. The topological polar surface area (TPSA) is 98.2 Å². The predicted molar refractivity (Wildman–Crippen MR) is 31.0 cm³/mol. The molecule has 5 heteroatoms. The molecule has 0 rings (SSSR count). The molecule has 0 fully saturated rings. The van der Waals surface area contributed by atoms with E-state index in [9.17, 15) is 9.59 Å². The Bertz CT molecular complexity index is 134. The van der Waals surface area contributed by atoms with Crippen molar-refractivity contribution >= 4 is 11.8 Å². The molecule has 0 radical (unpaired) electrons. The van der Waals surface area contributed by atoms with Gasteiger partial charge in [-0.2, -0.15) is 0 Å². The monoisotopic (exact) mass is 131 g/mol. The number of primary amides is 1. The van der Waals surface area contributed by atoms with E-state index in [0.29, 0.717) is 0 Å². The van der Waals surface area contributed by atoms with Gasteiger partial charge in [0.1, 0.15) is 0 Å². The third-order valence-corrected chi connectivity index (χ3v) is 0.665. The number of nitrogens with two attached hydrogens (primary N) is 2. The van der Waals surface area contributed by atoms with Crippen molar-refractivity contribution in [2.75, 3.05) is 0 Å². The number of amides is 2. The minimum absolute atomic E-state index is 0.374. The van der Waals surface area contributed by atoms with Crippen LogP contribution < -0.4 is 16.8 Å². The molecular weight excluding hydrogens is 122 g/mol. The highest BCUT2D eigenvalue weighted by molar-refractivity contribution is 5.84. The molecule has 0 aromatic carbocycles. The van der Waals surface area contributed by atoms with Gasteiger partial charge in [0.25, 0.3) is 5.91 Å². The molecule has 52 valence electrons. The molecule has 5 nitrogen and oxygen atoms in total. The van der Waals surface area contributed by atoms with Crippen LogP contribution in [-0.4, -0.2) is 18.0 Å². The van der Waals surface area contributed by atoms with Crippen molar-refractivity contribution in [3.05, 3.63) is 0 Å². The van der Waals surface area contributed by atoms with E-state index in [0.717, 1.165) is 0 Å². The van der Waals surface area contributed by atoms with E-state index in [2.05, 4.69) is 5.32 Å². The number of carbonyl (C=O) groups is 2. The molecule has 0 heterocycles. The lowest BCUT2D eigenvalue weighted by Crippen LogP contribution is -2.49. The number of rotatable bonds is 2. The van der Waals surface area contributed by atoms with Gasteiger partial charge in [-0.3, -0.25) is 9.59 Å².